The van der Waals surface area contributed by atoms with Crippen LogP contribution in [0.25, 0.3) is 11.1 Å². The highest BCUT2D eigenvalue weighted by atomic mass is 19.1. The number of nitrogens with zero attached hydrogens (tertiary/aromatic N) is 5. The number of para-hydroxylation sites is 1. The van der Waals surface area contributed by atoms with Gasteiger partial charge in [0.15, 0.2) is 0 Å². The molecule has 0 radical (unpaired) electrons. The fourth-order valence-electron chi connectivity index (χ4n) is 3.29. The summed E-state index contributed by atoms with van der Waals surface area (Å²) in [4.78, 5) is 11.2. The number of aromatic nitrogens is 4. The van der Waals surface area contributed by atoms with Gasteiger partial charge in [-0.3, -0.25) is 4.68 Å². The van der Waals surface area contributed by atoms with E-state index in [1.807, 2.05) is 43.8 Å². The van der Waals surface area contributed by atoms with E-state index in [9.17, 15) is 4.39 Å². The van der Waals surface area contributed by atoms with Crippen LogP contribution in [0.1, 0.15) is 18.4 Å². The molecule has 1 saturated heterocycles. The molecule has 3 aromatic rings. The third-order valence-corrected chi connectivity index (χ3v) is 4.81. The van der Waals surface area contributed by atoms with Gasteiger partial charge in [-0.05, 0) is 6.07 Å². The standard InChI is InChI=1S/C20H22FN5O/c1-25-14-17(13-24-25)16-11-22-20(23-12-16)26-8-6-18(7-9-26)27-19-5-3-2-4-15(19)10-21/h2-5,11-14,18H,6-10H2,1H3. The Kier molecular flexibility index (Phi) is 5.00. The molecule has 7 heteroatoms. The second-order valence-corrected chi connectivity index (χ2v) is 6.72. The van der Waals surface area contributed by atoms with Crippen molar-refractivity contribution in [2.24, 2.45) is 7.05 Å². The average molecular weight is 367 g/mol. The molecule has 2 aromatic heterocycles. The highest BCUT2D eigenvalue weighted by Crippen LogP contribution is 2.25. The number of rotatable bonds is 5. The number of ether oxygens (including phenoxy) is 1. The second kappa shape index (κ2) is 7.73. The number of halogens is 1. The molecule has 0 atom stereocenters. The number of hydrogen-bond acceptors (Lipinski definition) is 5. The number of benzene rings is 1. The van der Waals surface area contributed by atoms with Gasteiger partial charge in [-0.25, -0.2) is 14.4 Å². The van der Waals surface area contributed by atoms with Gasteiger partial charge in [0.25, 0.3) is 0 Å². The molecule has 1 fully saturated rings. The number of piperidine rings is 1. The summed E-state index contributed by atoms with van der Waals surface area (Å²) in [6.07, 6.45) is 9.21. The molecule has 0 spiro atoms. The molecule has 1 aliphatic heterocycles. The van der Waals surface area contributed by atoms with E-state index >= 15 is 0 Å². The summed E-state index contributed by atoms with van der Waals surface area (Å²) >= 11 is 0. The van der Waals surface area contributed by atoms with Crippen LogP contribution < -0.4 is 9.64 Å². The quantitative estimate of drug-likeness (QED) is 0.692. The van der Waals surface area contributed by atoms with Crippen molar-refractivity contribution in [3.8, 4) is 16.9 Å². The molecule has 0 N–H and O–H groups in total. The van der Waals surface area contributed by atoms with Crippen LogP contribution in [0.4, 0.5) is 10.3 Å². The molecule has 140 valence electrons. The lowest BCUT2D eigenvalue weighted by Crippen LogP contribution is -2.39. The lowest BCUT2D eigenvalue weighted by atomic mass is 10.1. The van der Waals surface area contributed by atoms with Crippen LogP contribution in [-0.4, -0.2) is 38.9 Å². The zero-order valence-electron chi connectivity index (χ0n) is 15.3. The van der Waals surface area contributed by atoms with E-state index < -0.39 is 6.67 Å². The Morgan fingerprint density at radius 1 is 1.07 bits per heavy atom. The first-order valence-corrected chi connectivity index (χ1v) is 9.09. The highest BCUT2D eigenvalue weighted by molar-refractivity contribution is 5.60. The maximum atomic E-state index is 13.1. The maximum absolute atomic E-state index is 13.1. The number of anilines is 1. The van der Waals surface area contributed by atoms with E-state index in [1.165, 1.54) is 0 Å². The minimum Gasteiger partial charge on any atom is -0.490 e. The fourth-order valence-corrected chi connectivity index (χ4v) is 3.29. The lowest BCUT2D eigenvalue weighted by Gasteiger charge is -2.32. The SMILES string of the molecule is Cn1cc(-c2cnc(N3CCC(Oc4ccccc4CF)CC3)nc2)cn1. The molecule has 0 aliphatic carbocycles. The molecule has 0 bridgehead atoms. The number of hydrogen-bond donors (Lipinski definition) is 0. The van der Waals surface area contributed by atoms with Crippen molar-refractivity contribution in [2.75, 3.05) is 18.0 Å². The Morgan fingerprint density at radius 2 is 1.81 bits per heavy atom. The molecule has 4 rings (SSSR count). The molecule has 3 heterocycles. The molecule has 0 amide bonds. The van der Waals surface area contributed by atoms with E-state index in [1.54, 1.807) is 16.9 Å². The van der Waals surface area contributed by atoms with Crippen LogP contribution in [0.2, 0.25) is 0 Å². The normalized spacial score (nSPS) is 15.1. The second-order valence-electron chi connectivity index (χ2n) is 6.72. The van der Waals surface area contributed by atoms with Gasteiger partial charge in [0.2, 0.25) is 5.95 Å². The molecule has 1 aromatic carbocycles. The van der Waals surface area contributed by atoms with Crippen molar-refractivity contribution >= 4 is 5.95 Å². The van der Waals surface area contributed by atoms with Crippen molar-refractivity contribution in [2.45, 2.75) is 25.6 Å². The van der Waals surface area contributed by atoms with Crippen LogP contribution in [0.15, 0.2) is 49.1 Å². The van der Waals surface area contributed by atoms with Crippen LogP contribution >= 0.6 is 0 Å². The van der Waals surface area contributed by atoms with E-state index in [4.69, 9.17) is 4.74 Å². The lowest BCUT2D eigenvalue weighted by molar-refractivity contribution is 0.167. The Bertz CT molecular complexity index is 887. The monoisotopic (exact) mass is 367 g/mol. The van der Waals surface area contributed by atoms with E-state index in [2.05, 4.69) is 20.0 Å². The van der Waals surface area contributed by atoms with Crippen LogP contribution in [0, 0.1) is 0 Å². The predicted octanol–water partition coefficient (Wildman–Crippen LogP) is 3.39. The maximum Gasteiger partial charge on any atom is 0.225 e. The van der Waals surface area contributed by atoms with Gasteiger partial charge in [0, 0.05) is 68.3 Å². The first-order valence-electron chi connectivity index (χ1n) is 9.09. The first kappa shape index (κ1) is 17.5. The predicted molar refractivity (Wildman–Crippen MR) is 101 cm³/mol. The molecule has 0 saturated carbocycles. The zero-order chi connectivity index (χ0) is 18.6. The van der Waals surface area contributed by atoms with Crippen molar-refractivity contribution in [1.82, 2.24) is 19.7 Å². The van der Waals surface area contributed by atoms with Crippen LogP contribution in [0.3, 0.4) is 0 Å². The smallest absolute Gasteiger partial charge is 0.225 e. The molecular weight excluding hydrogens is 345 g/mol. The average Bonchev–Trinajstić information content (AvgIpc) is 3.15. The Labute approximate surface area is 157 Å². The van der Waals surface area contributed by atoms with Gasteiger partial charge >= 0.3 is 0 Å². The molecular formula is C20H22FN5O. The Balaban J connectivity index is 1.36. The molecule has 1 aliphatic rings. The van der Waals surface area contributed by atoms with E-state index in [0.29, 0.717) is 11.3 Å². The summed E-state index contributed by atoms with van der Waals surface area (Å²) in [7, 11) is 1.89. The Morgan fingerprint density at radius 3 is 2.48 bits per heavy atom. The fraction of sp³-hybridized carbons (Fsp3) is 0.350. The molecule has 6 nitrogen and oxygen atoms in total. The van der Waals surface area contributed by atoms with Crippen molar-refractivity contribution in [1.29, 1.82) is 0 Å². The zero-order valence-corrected chi connectivity index (χ0v) is 15.3. The van der Waals surface area contributed by atoms with Gasteiger partial charge in [-0.2, -0.15) is 5.10 Å². The van der Waals surface area contributed by atoms with Crippen molar-refractivity contribution in [3.05, 3.63) is 54.6 Å². The van der Waals surface area contributed by atoms with Gasteiger partial charge < -0.3 is 9.64 Å². The topological polar surface area (TPSA) is 56.1 Å². The van der Waals surface area contributed by atoms with Crippen LogP contribution in [-0.2, 0) is 13.7 Å². The summed E-state index contributed by atoms with van der Waals surface area (Å²) in [6, 6.07) is 7.31. The van der Waals surface area contributed by atoms with Gasteiger partial charge in [0.1, 0.15) is 18.5 Å². The van der Waals surface area contributed by atoms with E-state index in [-0.39, 0.29) is 6.10 Å². The number of alkyl halides is 1. The van der Waals surface area contributed by atoms with Crippen molar-refractivity contribution in [3.63, 3.8) is 0 Å². The van der Waals surface area contributed by atoms with Gasteiger partial charge in [-0.1, -0.05) is 18.2 Å². The van der Waals surface area contributed by atoms with Crippen molar-refractivity contribution < 1.29 is 9.13 Å². The third-order valence-electron chi connectivity index (χ3n) is 4.81. The summed E-state index contributed by atoms with van der Waals surface area (Å²) < 4.78 is 20.9. The summed E-state index contributed by atoms with van der Waals surface area (Å²) in [5.41, 5.74) is 2.56. The Hall–Kier alpha value is -2.96. The summed E-state index contributed by atoms with van der Waals surface area (Å²) in [5.74, 6) is 1.38. The highest BCUT2D eigenvalue weighted by Gasteiger charge is 2.23. The first-order chi connectivity index (χ1) is 13.2. The third kappa shape index (κ3) is 3.92. The summed E-state index contributed by atoms with van der Waals surface area (Å²) in [6.45, 7) is 1.12. The largest absolute Gasteiger partial charge is 0.490 e. The number of aryl methyl sites for hydroxylation is 1. The molecule has 27 heavy (non-hydrogen) atoms. The minimum absolute atomic E-state index is 0.0867. The molecule has 0 unspecified atom stereocenters. The summed E-state index contributed by atoms with van der Waals surface area (Å²) in [5, 5.41) is 4.17. The van der Waals surface area contributed by atoms with Gasteiger partial charge in [0.05, 0.1) is 6.20 Å². The van der Waals surface area contributed by atoms with Crippen LogP contribution in [0.5, 0.6) is 5.75 Å². The van der Waals surface area contributed by atoms with Gasteiger partial charge in [-0.15, -0.1) is 0 Å². The minimum atomic E-state index is -0.508. The van der Waals surface area contributed by atoms with E-state index in [0.717, 1.165) is 43.0 Å².